The van der Waals surface area contributed by atoms with Crippen LogP contribution in [-0.2, 0) is 0 Å². The van der Waals surface area contributed by atoms with Crippen molar-refractivity contribution in [1.29, 1.82) is 0 Å². The van der Waals surface area contributed by atoms with E-state index in [4.69, 9.17) is 5.73 Å². The molecule has 0 bridgehead atoms. The molecule has 0 saturated carbocycles. The van der Waals surface area contributed by atoms with Gasteiger partial charge in [0.25, 0.3) is 0 Å². The molecule has 0 amide bonds. The third kappa shape index (κ3) is 1.64. The molecule has 4 N–H and O–H groups in total. The van der Waals surface area contributed by atoms with Gasteiger partial charge in [-0.3, -0.25) is 0 Å². The van der Waals surface area contributed by atoms with Gasteiger partial charge >= 0.3 is 0 Å². The summed E-state index contributed by atoms with van der Waals surface area (Å²) < 4.78 is 0. The van der Waals surface area contributed by atoms with Crippen LogP contribution in [0, 0.1) is 5.92 Å². The summed E-state index contributed by atoms with van der Waals surface area (Å²) in [6, 6.07) is 0. The number of piperidine rings is 1. The lowest BCUT2D eigenvalue weighted by Crippen LogP contribution is -2.43. The van der Waals surface area contributed by atoms with Gasteiger partial charge < -0.3 is 16.2 Å². The van der Waals surface area contributed by atoms with Crippen LogP contribution in [0.2, 0.25) is 0 Å². The number of hydrogen-bond acceptors (Lipinski definition) is 3. The summed E-state index contributed by atoms with van der Waals surface area (Å²) in [7, 11) is 0. The molecule has 3 heteroatoms. The molecule has 1 aliphatic heterocycles. The maximum Gasteiger partial charge on any atom is 0.0604 e. The highest BCUT2D eigenvalue weighted by molar-refractivity contribution is 4.77. The summed E-state index contributed by atoms with van der Waals surface area (Å²) in [5.41, 5.74) is 5.39. The Morgan fingerprint density at radius 1 is 1.67 bits per heavy atom. The molecular weight excluding hydrogens is 116 g/mol. The molecule has 1 rings (SSSR count). The van der Waals surface area contributed by atoms with Gasteiger partial charge in [0.15, 0.2) is 0 Å². The zero-order valence-electron chi connectivity index (χ0n) is 5.51. The minimum Gasteiger partial charge on any atom is -0.393 e. The van der Waals surface area contributed by atoms with Crippen molar-refractivity contribution in [3.8, 4) is 0 Å². The van der Waals surface area contributed by atoms with E-state index in [0.29, 0.717) is 6.54 Å². The number of nitrogens with two attached hydrogens (primary N) is 1. The fourth-order valence-electron chi connectivity index (χ4n) is 1.15. The average Bonchev–Trinajstić information content (AvgIpc) is 1.89. The first kappa shape index (κ1) is 6.99. The molecule has 54 valence electrons. The second-order valence-corrected chi connectivity index (χ2v) is 2.56. The maximum atomic E-state index is 9.25. The average molecular weight is 130 g/mol. The van der Waals surface area contributed by atoms with Crippen molar-refractivity contribution in [3.05, 3.63) is 0 Å². The fourth-order valence-corrected chi connectivity index (χ4v) is 1.15. The molecule has 3 nitrogen and oxygen atoms in total. The largest absolute Gasteiger partial charge is 0.393 e. The van der Waals surface area contributed by atoms with Crippen LogP contribution in [0.4, 0.5) is 0 Å². The van der Waals surface area contributed by atoms with Crippen molar-refractivity contribution in [2.45, 2.75) is 12.5 Å². The molecule has 9 heavy (non-hydrogen) atoms. The van der Waals surface area contributed by atoms with Crippen LogP contribution in [-0.4, -0.2) is 30.8 Å². The summed E-state index contributed by atoms with van der Waals surface area (Å²) in [4.78, 5) is 0. The fraction of sp³-hybridized carbons (Fsp3) is 1.00. The SMILES string of the molecule is NC[C@@H]1CNCC[C@@H]1O. The lowest BCUT2D eigenvalue weighted by molar-refractivity contribution is 0.0833. The van der Waals surface area contributed by atoms with Crippen molar-refractivity contribution < 1.29 is 5.11 Å². The van der Waals surface area contributed by atoms with E-state index in [-0.39, 0.29) is 12.0 Å². The van der Waals surface area contributed by atoms with Crippen LogP contribution in [0.25, 0.3) is 0 Å². The summed E-state index contributed by atoms with van der Waals surface area (Å²) in [5, 5.41) is 12.4. The first-order chi connectivity index (χ1) is 4.34. The number of aliphatic hydroxyl groups excluding tert-OH is 1. The van der Waals surface area contributed by atoms with E-state index in [2.05, 4.69) is 5.32 Å². The lowest BCUT2D eigenvalue weighted by atomic mass is 9.97. The molecule has 1 aliphatic rings. The quantitative estimate of drug-likeness (QED) is 0.423. The van der Waals surface area contributed by atoms with E-state index in [1.807, 2.05) is 0 Å². The molecule has 0 spiro atoms. The summed E-state index contributed by atoms with van der Waals surface area (Å²) in [6.45, 7) is 2.39. The van der Waals surface area contributed by atoms with Crippen molar-refractivity contribution >= 4 is 0 Å². The Hall–Kier alpha value is -0.120. The Labute approximate surface area is 55.2 Å². The van der Waals surface area contributed by atoms with Crippen LogP contribution in [0.15, 0.2) is 0 Å². The van der Waals surface area contributed by atoms with Crippen LogP contribution in [0.3, 0.4) is 0 Å². The van der Waals surface area contributed by atoms with E-state index in [9.17, 15) is 5.11 Å². The molecule has 0 radical (unpaired) electrons. The normalized spacial score (nSPS) is 36.7. The highest BCUT2D eigenvalue weighted by Gasteiger charge is 2.20. The van der Waals surface area contributed by atoms with Gasteiger partial charge in [-0.1, -0.05) is 0 Å². The highest BCUT2D eigenvalue weighted by Crippen LogP contribution is 2.08. The maximum absolute atomic E-state index is 9.25. The number of aliphatic hydroxyl groups is 1. The zero-order valence-corrected chi connectivity index (χ0v) is 5.51. The van der Waals surface area contributed by atoms with Gasteiger partial charge in [0.05, 0.1) is 6.10 Å². The minimum absolute atomic E-state index is 0.170. The lowest BCUT2D eigenvalue weighted by Gasteiger charge is -2.26. The third-order valence-corrected chi connectivity index (χ3v) is 1.87. The Balaban J connectivity index is 2.30. The van der Waals surface area contributed by atoms with Gasteiger partial charge in [0.2, 0.25) is 0 Å². The predicted octanol–water partition coefficient (Wildman–Crippen LogP) is -1.08. The summed E-state index contributed by atoms with van der Waals surface area (Å²) in [6.07, 6.45) is 0.679. The van der Waals surface area contributed by atoms with E-state index >= 15 is 0 Å². The molecule has 0 unspecified atom stereocenters. The van der Waals surface area contributed by atoms with Gasteiger partial charge in [-0.25, -0.2) is 0 Å². The predicted molar refractivity (Wildman–Crippen MR) is 36.0 cm³/mol. The van der Waals surface area contributed by atoms with Crippen LogP contribution < -0.4 is 11.1 Å². The smallest absolute Gasteiger partial charge is 0.0604 e. The second kappa shape index (κ2) is 3.15. The molecule has 1 heterocycles. The summed E-state index contributed by atoms with van der Waals surface area (Å²) >= 11 is 0. The van der Waals surface area contributed by atoms with Gasteiger partial charge in [-0.05, 0) is 19.5 Å². The van der Waals surface area contributed by atoms with Gasteiger partial charge in [0, 0.05) is 12.5 Å². The Morgan fingerprint density at radius 3 is 2.89 bits per heavy atom. The van der Waals surface area contributed by atoms with Crippen molar-refractivity contribution in [1.82, 2.24) is 5.32 Å². The molecule has 0 aromatic rings. The van der Waals surface area contributed by atoms with E-state index in [1.54, 1.807) is 0 Å². The Kier molecular flexibility index (Phi) is 2.45. The van der Waals surface area contributed by atoms with Gasteiger partial charge in [0.1, 0.15) is 0 Å². The molecule has 1 saturated heterocycles. The molecular formula is C6H14N2O. The van der Waals surface area contributed by atoms with Gasteiger partial charge in [-0.15, -0.1) is 0 Å². The Bertz CT molecular complexity index is 87.1. The first-order valence-electron chi connectivity index (χ1n) is 3.43. The number of nitrogens with one attached hydrogen (secondary N) is 1. The monoisotopic (exact) mass is 130 g/mol. The highest BCUT2D eigenvalue weighted by atomic mass is 16.3. The zero-order chi connectivity index (χ0) is 6.69. The van der Waals surface area contributed by atoms with E-state index < -0.39 is 0 Å². The number of rotatable bonds is 1. The van der Waals surface area contributed by atoms with E-state index in [1.165, 1.54) is 0 Å². The van der Waals surface area contributed by atoms with Gasteiger partial charge in [-0.2, -0.15) is 0 Å². The molecule has 0 aromatic carbocycles. The Morgan fingerprint density at radius 2 is 2.44 bits per heavy atom. The van der Waals surface area contributed by atoms with Crippen LogP contribution in [0.5, 0.6) is 0 Å². The minimum atomic E-state index is -0.170. The van der Waals surface area contributed by atoms with E-state index in [0.717, 1.165) is 19.5 Å². The van der Waals surface area contributed by atoms with Crippen molar-refractivity contribution in [2.24, 2.45) is 11.7 Å². The second-order valence-electron chi connectivity index (χ2n) is 2.56. The standard InChI is InChI=1S/C6H14N2O/c7-3-5-4-8-2-1-6(5)9/h5-6,8-9H,1-4,7H2/t5-,6+/m1/s1. The number of hydrogen-bond donors (Lipinski definition) is 3. The van der Waals surface area contributed by atoms with Crippen molar-refractivity contribution in [2.75, 3.05) is 19.6 Å². The van der Waals surface area contributed by atoms with Crippen LogP contribution >= 0.6 is 0 Å². The summed E-state index contributed by atoms with van der Waals surface area (Å²) in [5.74, 6) is 0.277. The first-order valence-corrected chi connectivity index (χ1v) is 3.43. The molecule has 2 atom stereocenters. The van der Waals surface area contributed by atoms with Crippen LogP contribution in [0.1, 0.15) is 6.42 Å². The molecule has 0 aromatic heterocycles. The topological polar surface area (TPSA) is 58.3 Å². The van der Waals surface area contributed by atoms with Crippen molar-refractivity contribution in [3.63, 3.8) is 0 Å². The molecule has 0 aliphatic carbocycles. The molecule has 1 fully saturated rings. The third-order valence-electron chi connectivity index (χ3n) is 1.87.